The number of amides is 2. The number of benzene rings is 1. The maximum Gasteiger partial charge on any atom is 0.326 e. The summed E-state index contributed by atoms with van der Waals surface area (Å²) in [5.41, 5.74) is -1.28. The van der Waals surface area contributed by atoms with Crippen molar-refractivity contribution in [3.63, 3.8) is 0 Å². The molecule has 2 bridgehead atoms. The molecule has 0 aromatic heterocycles. The zero-order chi connectivity index (χ0) is 35.3. The molecule has 48 heavy (non-hydrogen) atoms. The average Bonchev–Trinajstić information content (AvgIpc) is 3.36. The Morgan fingerprint density at radius 1 is 1.00 bits per heavy atom. The summed E-state index contributed by atoms with van der Waals surface area (Å²) in [6, 6.07) is -0.526. The van der Waals surface area contributed by atoms with Gasteiger partial charge in [0.25, 0.3) is 0 Å². The molecular weight excluding hydrogens is 634 g/mol. The van der Waals surface area contributed by atoms with Gasteiger partial charge in [0, 0.05) is 17.9 Å². The number of phenols is 1. The number of rotatable bonds is 12. The fourth-order valence-electron chi connectivity index (χ4n) is 7.39. The molecule has 2 amide bonds. The molecule has 0 radical (unpaired) electrons. The highest BCUT2D eigenvalue weighted by atomic mass is 16.6. The quantitative estimate of drug-likeness (QED) is 0.157. The van der Waals surface area contributed by atoms with Crippen molar-refractivity contribution in [3.05, 3.63) is 35.1 Å². The van der Waals surface area contributed by atoms with Crippen LogP contribution in [0.15, 0.2) is 24.0 Å². The van der Waals surface area contributed by atoms with Crippen LogP contribution in [0.5, 0.6) is 11.5 Å². The lowest BCUT2D eigenvalue weighted by Crippen LogP contribution is -2.75. The smallest absolute Gasteiger partial charge is 0.326 e. The summed E-state index contributed by atoms with van der Waals surface area (Å²) in [5, 5.41) is 44.3. The van der Waals surface area contributed by atoms with Gasteiger partial charge in [0.05, 0.1) is 24.3 Å². The Bertz CT molecular complexity index is 1590. The molecule has 0 unspecified atom stereocenters. The standard InChI is InChI=1S/C32H39N3O13/c1-14(2)27(40)33-17(29(42)43)12-22(38)46-20-7-8-32(48-23(39)13-18(30(44)45)34-28(41)15(3)36)21-11-16-5-6-19(37)25-24(16)31(32,26(20)47-25)9-10-35(21)4/h5-7,14-15,17-18,21,26,36-37H,8-13H2,1-4H3,(H,33,40)(H,34,41)(H,42,43)(H,44,45)/t15-,17-,18-,21+,26-,31-,32+/m0/s1. The van der Waals surface area contributed by atoms with Crippen LogP contribution in [0.4, 0.5) is 0 Å². The van der Waals surface area contributed by atoms with Crippen LogP contribution < -0.4 is 15.4 Å². The Hall–Kier alpha value is -4.70. The first-order chi connectivity index (χ1) is 22.5. The number of ether oxygens (including phenoxy) is 3. The molecule has 260 valence electrons. The molecular formula is C32H39N3O13. The summed E-state index contributed by atoms with van der Waals surface area (Å²) in [5.74, 6) is -7.04. The number of aliphatic carboxylic acids is 2. The molecule has 1 aromatic carbocycles. The molecule has 2 heterocycles. The van der Waals surface area contributed by atoms with E-state index in [2.05, 4.69) is 10.6 Å². The lowest BCUT2D eigenvalue weighted by atomic mass is 9.50. The Labute approximate surface area is 275 Å². The minimum atomic E-state index is -1.70. The summed E-state index contributed by atoms with van der Waals surface area (Å²) in [4.78, 5) is 76.9. The van der Waals surface area contributed by atoms with Crippen molar-refractivity contribution >= 4 is 35.7 Å². The maximum absolute atomic E-state index is 13.6. The second-order valence-electron chi connectivity index (χ2n) is 13.1. The predicted molar refractivity (Wildman–Crippen MR) is 161 cm³/mol. The normalized spacial score (nSPS) is 26.9. The van der Waals surface area contributed by atoms with Gasteiger partial charge in [-0.3, -0.25) is 24.1 Å². The van der Waals surface area contributed by atoms with Gasteiger partial charge in [-0.15, -0.1) is 0 Å². The number of hydrogen-bond donors (Lipinski definition) is 6. The minimum absolute atomic E-state index is 0.00496. The summed E-state index contributed by atoms with van der Waals surface area (Å²) >= 11 is 0. The number of hydrogen-bond acceptors (Lipinski definition) is 12. The number of carbonyl (C=O) groups is 6. The molecule has 6 N–H and O–H groups in total. The van der Waals surface area contributed by atoms with E-state index in [1.54, 1.807) is 19.9 Å². The molecule has 2 aliphatic carbocycles. The number of aromatic hydroxyl groups is 1. The highest BCUT2D eigenvalue weighted by molar-refractivity contribution is 5.89. The number of phenolic OH excluding ortho intramolecular Hbond substituents is 1. The maximum atomic E-state index is 13.6. The molecule has 1 spiro atoms. The van der Waals surface area contributed by atoms with Crippen LogP contribution in [0.2, 0.25) is 0 Å². The number of piperidine rings is 1. The van der Waals surface area contributed by atoms with Crippen LogP contribution in [-0.2, 0) is 50.1 Å². The first-order valence-corrected chi connectivity index (χ1v) is 15.6. The van der Waals surface area contributed by atoms with Crippen molar-refractivity contribution in [1.29, 1.82) is 0 Å². The van der Waals surface area contributed by atoms with Crippen LogP contribution in [0, 0.1) is 5.92 Å². The third kappa shape index (κ3) is 5.72. The van der Waals surface area contributed by atoms with Crippen LogP contribution in [-0.4, -0.2) is 111 Å². The van der Waals surface area contributed by atoms with E-state index in [1.165, 1.54) is 12.1 Å². The third-order valence-corrected chi connectivity index (χ3v) is 9.72. The number of likely N-dealkylation sites (N-methyl/N-ethyl adjacent to an activating group) is 1. The van der Waals surface area contributed by atoms with E-state index < -0.39 is 95.8 Å². The van der Waals surface area contributed by atoms with E-state index >= 15 is 0 Å². The van der Waals surface area contributed by atoms with Crippen molar-refractivity contribution in [2.24, 2.45) is 5.92 Å². The number of nitrogens with one attached hydrogen (secondary N) is 2. The molecule has 0 saturated carbocycles. The first-order valence-electron chi connectivity index (χ1n) is 15.6. The molecule has 2 aliphatic heterocycles. The molecule has 7 atom stereocenters. The van der Waals surface area contributed by atoms with Crippen molar-refractivity contribution in [3.8, 4) is 11.5 Å². The number of likely N-dealkylation sites (tertiary alicyclic amines) is 1. The Morgan fingerprint density at radius 3 is 2.23 bits per heavy atom. The van der Waals surface area contributed by atoms with Crippen LogP contribution in [0.3, 0.4) is 0 Å². The predicted octanol–water partition coefficient (Wildman–Crippen LogP) is -0.280. The Kier molecular flexibility index (Phi) is 9.18. The van der Waals surface area contributed by atoms with Crippen molar-refractivity contribution in [2.45, 2.75) is 94.2 Å². The first kappa shape index (κ1) is 34.6. The fraction of sp³-hybridized carbons (Fsp3) is 0.562. The summed E-state index contributed by atoms with van der Waals surface area (Å²) in [6.45, 7) is 4.77. The van der Waals surface area contributed by atoms with E-state index in [-0.39, 0.29) is 23.7 Å². The van der Waals surface area contributed by atoms with Gasteiger partial charge in [-0.1, -0.05) is 19.9 Å². The number of esters is 2. The summed E-state index contributed by atoms with van der Waals surface area (Å²) in [7, 11) is 1.85. The van der Waals surface area contributed by atoms with Crippen LogP contribution in [0.1, 0.15) is 57.6 Å². The van der Waals surface area contributed by atoms with Crippen LogP contribution in [0.25, 0.3) is 0 Å². The molecule has 4 aliphatic rings. The minimum Gasteiger partial charge on any atom is -0.504 e. The average molecular weight is 674 g/mol. The van der Waals surface area contributed by atoms with Gasteiger partial charge in [0.2, 0.25) is 11.8 Å². The van der Waals surface area contributed by atoms with Gasteiger partial charge < -0.3 is 45.3 Å². The van der Waals surface area contributed by atoms with Crippen molar-refractivity contribution in [2.75, 3.05) is 13.6 Å². The van der Waals surface area contributed by atoms with Gasteiger partial charge in [0.15, 0.2) is 17.6 Å². The molecule has 1 aromatic rings. The molecule has 16 nitrogen and oxygen atoms in total. The zero-order valence-corrected chi connectivity index (χ0v) is 26.8. The molecule has 5 rings (SSSR count). The molecule has 16 heteroatoms. The van der Waals surface area contributed by atoms with Gasteiger partial charge in [-0.05, 0) is 51.1 Å². The number of aliphatic hydroxyl groups excluding tert-OH is 1. The second kappa shape index (κ2) is 12.7. The van der Waals surface area contributed by atoms with Crippen LogP contribution >= 0.6 is 0 Å². The largest absolute Gasteiger partial charge is 0.504 e. The number of carbonyl (C=O) groups excluding carboxylic acids is 4. The van der Waals surface area contributed by atoms with E-state index in [0.717, 1.165) is 12.5 Å². The van der Waals surface area contributed by atoms with Crippen molar-refractivity contribution in [1.82, 2.24) is 15.5 Å². The zero-order valence-electron chi connectivity index (χ0n) is 26.8. The summed E-state index contributed by atoms with van der Waals surface area (Å²) in [6.07, 6.45) is -1.99. The van der Waals surface area contributed by atoms with Gasteiger partial charge in [-0.25, -0.2) is 9.59 Å². The monoisotopic (exact) mass is 673 g/mol. The molecule has 1 fully saturated rings. The van der Waals surface area contributed by atoms with E-state index in [1.807, 2.05) is 11.9 Å². The topological polar surface area (TPSA) is 238 Å². The van der Waals surface area contributed by atoms with E-state index in [9.17, 15) is 49.2 Å². The molecule has 1 saturated heterocycles. The van der Waals surface area contributed by atoms with Gasteiger partial charge in [-0.2, -0.15) is 0 Å². The van der Waals surface area contributed by atoms with E-state index in [0.29, 0.717) is 24.9 Å². The third-order valence-electron chi connectivity index (χ3n) is 9.72. The highest BCUT2D eigenvalue weighted by Crippen LogP contribution is 2.66. The van der Waals surface area contributed by atoms with Crippen molar-refractivity contribution < 1.29 is 63.4 Å². The Morgan fingerprint density at radius 2 is 1.62 bits per heavy atom. The number of carboxylic acid groups (broad SMARTS) is 2. The SMILES string of the molecule is CC(C)C(=O)N[C@@H](CC(=O)OC1=CC[C@@]2(OC(=O)C[C@H](NC(=O)[C@H](C)O)C(=O)O)[C@H]3Cc4ccc(O)c5c4[C@@]2(CCN3C)[C@H]1O5)C(=O)O. The Balaban J connectivity index is 1.51. The number of aliphatic hydroxyl groups is 1. The summed E-state index contributed by atoms with van der Waals surface area (Å²) < 4.78 is 18.4. The number of carboxylic acids is 2. The second-order valence-corrected chi connectivity index (χ2v) is 13.1. The highest BCUT2D eigenvalue weighted by Gasteiger charge is 2.74. The fourth-order valence-corrected chi connectivity index (χ4v) is 7.39. The van der Waals surface area contributed by atoms with Gasteiger partial charge in [0.1, 0.15) is 29.5 Å². The van der Waals surface area contributed by atoms with E-state index in [4.69, 9.17) is 14.2 Å². The lowest BCUT2D eigenvalue weighted by molar-refractivity contribution is -0.207. The lowest BCUT2D eigenvalue weighted by Gasteiger charge is -2.62. The van der Waals surface area contributed by atoms with Gasteiger partial charge >= 0.3 is 23.9 Å². The number of nitrogens with zero attached hydrogens (tertiary/aromatic N) is 1.